The summed E-state index contributed by atoms with van der Waals surface area (Å²) in [6.45, 7) is 2.55. The van der Waals surface area contributed by atoms with Gasteiger partial charge in [0.05, 0.1) is 6.61 Å². The van der Waals surface area contributed by atoms with E-state index in [4.69, 9.17) is 9.47 Å². The molecular weight excluding hydrogens is 308 g/mol. The molecule has 7 nitrogen and oxygen atoms in total. The van der Waals surface area contributed by atoms with Crippen molar-refractivity contribution in [1.29, 1.82) is 0 Å². The van der Waals surface area contributed by atoms with Crippen molar-refractivity contribution >= 4 is 5.97 Å². The van der Waals surface area contributed by atoms with Crippen LogP contribution >= 0.6 is 0 Å². The topological polar surface area (TPSA) is 79.1 Å². The normalized spacial score (nSPS) is 15.2. The molecule has 0 N–H and O–H groups in total. The van der Waals surface area contributed by atoms with Gasteiger partial charge in [0.2, 0.25) is 5.82 Å². The van der Waals surface area contributed by atoms with Crippen molar-refractivity contribution in [3.05, 3.63) is 24.3 Å². The first-order valence-electron chi connectivity index (χ1n) is 8.45. The van der Waals surface area contributed by atoms with E-state index in [1.165, 1.54) is 11.2 Å². The highest BCUT2D eigenvalue weighted by molar-refractivity contribution is 5.69. The average Bonchev–Trinajstić information content (AvgIpc) is 3.05. The molecule has 0 saturated heterocycles. The van der Waals surface area contributed by atoms with Crippen LogP contribution in [0.5, 0.6) is 5.75 Å². The number of carbonyl (C=O) groups is 1. The Hall–Kier alpha value is -2.44. The maximum Gasteiger partial charge on any atom is 0.330 e. The number of nitrogens with zero attached hydrogens (tertiary/aromatic N) is 4. The number of carbonyl (C=O) groups excluding carboxylic acids is 1. The molecule has 0 amide bonds. The summed E-state index contributed by atoms with van der Waals surface area (Å²) in [5.74, 6) is 0.964. The molecule has 1 fully saturated rings. The Morgan fingerprint density at radius 1 is 1.21 bits per heavy atom. The van der Waals surface area contributed by atoms with E-state index in [9.17, 15) is 4.79 Å². The Morgan fingerprint density at radius 2 is 1.96 bits per heavy atom. The number of benzene rings is 1. The Balaban J connectivity index is 1.57. The highest BCUT2D eigenvalue weighted by atomic mass is 16.5. The first-order valence-corrected chi connectivity index (χ1v) is 8.45. The monoisotopic (exact) mass is 330 g/mol. The molecule has 0 atom stereocenters. The van der Waals surface area contributed by atoms with Crippen molar-refractivity contribution in [3.63, 3.8) is 0 Å². The molecule has 1 aliphatic carbocycles. The lowest BCUT2D eigenvalue weighted by atomic mass is 9.98. The minimum atomic E-state index is -0.308. The lowest BCUT2D eigenvalue weighted by molar-refractivity contribution is -0.151. The third kappa shape index (κ3) is 4.31. The van der Waals surface area contributed by atoms with Gasteiger partial charge in [-0.15, -0.1) is 10.2 Å². The number of esters is 1. The largest absolute Gasteiger partial charge is 0.494 e. The third-order valence-corrected chi connectivity index (χ3v) is 4.00. The highest BCUT2D eigenvalue weighted by Crippen LogP contribution is 2.21. The third-order valence-electron chi connectivity index (χ3n) is 4.00. The van der Waals surface area contributed by atoms with Crippen LogP contribution in [0.3, 0.4) is 0 Å². The molecule has 1 heterocycles. The molecular formula is C17H22N4O3. The quantitative estimate of drug-likeness (QED) is 0.758. The molecule has 0 unspecified atom stereocenters. The molecule has 0 radical (unpaired) electrons. The average molecular weight is 330 g/mol. The zero-order chi connectivity index (χ0) is 16.8. The summed E-state index contributed by atoms with van der Waals surface area (Å²) in [5.41, 5.74) is 0.824. The zero-order valence-corrected chi connectivity index (χ0v) is 13.9. The Kier molecular flexibility index (Phi) is 5.40. The number of hydrogen-bond donors (Lipinski definition) is 0. The van der Waals surface area contributed by atoms with E-state index < -0.39 is 0 Å². The minimum absolute atomic E-state index is 0.0134. The fourth-order valence-corrected chi connectivity index (χ4v) is 2.81. The van der Waals surface area contributed by atoms with Crippen molar-refractivity contribution in [2.24, 2.45) is 0 Å². The van der Waals surface area contributed by atoms with Gasteiger partial charge in [0, 0.05) is 5.56 Å². The van der Waals surface area contributed by atoms with Gasteiger partial charge in [-0.05, 0) is 62.1 Å². The van der Waals surface area contributed by atoms with Crippen LogP contribution in [0.4, 0.5) is 0 Å². The molecule has 3 rings (SSSR count). The van der Waals surface area contributed by atoms with E-state index >= 15 is 0 Å². The first-order chi connectivity index (χ1) is 11.7. The van der Waals surface area contributed by atoms with Crippen molar-refractivity contribution in [3.8, 4) is 17.1 Å². The first kappa shape index (κ1) is 16.4. The highest BCUT2D eigenvalue weighted by Gasteiger charge is 2.18. The maximum atomic E-state index is 12.0. The van der Waals surface area contributed by atoms with Gasteiger partial charge >= 0.3 is 5.97 Å². The molecule has 0 aliphatic heterocycles. The number of hydrogen-bond acceptors (Lipinski definition) is 6. The molecule has 0 spiro atoms. The number of rotatable bonds is 6. The van der Waals surface area contributed by atoms with Gasteiger partial charge in [0.1, 0.15) is 11.9 Å². The lowest BCUT2D eigenvalue weighted by Crippen LogP contribution is -2.24. The minimum Gasteiger partial charge on any atom is -0.494 e. The predicted molar refractivity (Wildman–Crippen MR) is 87.4 cm³/mol. The van der Waals surface area contributed by atoms with Crippen LogP contribution in [0.2, 0.25) is 0 Å². The molecule has 1 aromatic heterocycles. The van der Waals surface area contributed by atoms with Gasteiger partial charge < -0.3 is 9.47 Å². The zero-order valence-electron chi connectivity index (χ0n) is 13.9. The number of tetrazole rings is 1. The Labute approximate surface area is 141 Å². The summed E-state index contributed by atoms with van der Waals surface area (Å²) in [5, 5.41) is 12.2. The summed E-state index contributed by atoms with van der Waals surface area (Å²) < 4.78 is 10.9. The van der Waals surface area contributed by atoms with E-state index in [2.05, 4.69) is 15.4 Å². The summed E-state index contributed by atoms with van der Waals surface area (Å²) in [6, 6.07) is 7.45. The van der Waals surface area contributed by atoms with Crippen molar-refractivity contribution in [2.45, 2.75) is 51.7 Å². The van der Waals surface area contributed by atoms with E-state index in [0.29, 0.717) is 12.4 Å². The van der Waals surface area contributed by atoms with Crippen molar-refractivity contribution in [1.82, 2.24) is 20.2 Å². The molecule has 1 aromatic carbocycles. The van der Waals surface area contributed by atoms with Gasteiger partial charge in [0.25, 0.3) is 0 Å². The molecule has 1 aliphatic rings. The summed E-state index contributed by atoms with van der Waals surface area (Å²) >= 11 is 0. The van der Waals surface area contributed by atoms with Crippen LogP contribution in [0.1, 0.15) is 39.0 Å². The summed E-state index contributed by atoms with van der Waals surface area (Å²) in [7, 11) is 0. The lowest BCUT2D eigenvalue weighted by Gasteiger charge is -2.21. The fraction of sp³-hybridized carbons (Fsp3) is 0.529. The molecule has 128 valence electrons. The maximum absolute atomic E-state index is 12.0. The van der Waals surface area contributed by atoms with Crippen LogP contribution in [-0.2, 0) is 16.1 Å². The van der Waals surface area contributed by atoms with Crippen LogP contribution in [0.25, 0.3) is 11.4 Å². The predicted octanol–water partition coefficient (Wildman–Crippen LogP) is 2.61. The van der Waals surface area contributed by atoms with Crippen LogP contribution < -0.4 is 4.74 Å². The molecule has 1 saturated carbocycles. The van der Waals surface area contributed by atoms with Gasteiger partial charge in [-0.1, -0.05) is 6.42 Å². The van der Waals surface area contributed by atoms with Gasteiger partial charge in [-0.25, -0.2) is 4.79 Å². The summed E-state index contributed by atoms with van der Waals surface area (Å²) in [4.78, 5) is 13.3. The molecule has 7 heteroatoms. The Morgan fingerprint density at radius 3 is 2.67 bits per heavy atom. The van der Waals surface area contributed by atoms with Gasteiger partial charge in [-0.2, -0.15) is 4.80 Å². The smallest absolute Gasteiger partial charge is 0.330 e. The van der Waals surface area contributed by atoms with E-state index in [0.717, 1.165) is 37.0 Å². The van der Waals surface area contributed by atoms with Crippen molar-refractivity contribution in [2.75, 3.05) is 6.61 Å². The van der Waals surface area contributed by atoms with E-state index in [-0.39, 0.29) is 18.6 Å². The number of aromatic nitrogens is 4. The SMILES string of the molecule is CCOc1ccc(-c2nnn(CC(=O)OC3CCCCC3)n2)cc1. The van der Waals surface area contributed by atoms with Crippen LogP contribution in [-0.4, -0.2) is 38.9 Å². The summed E-state index contributed by atoms with van der Waals surface area (Å²) in [6.07, 6.45) is 5.43. The second kappa shape index (κ2) is 7.90. The van der Waals surface area contributed by atoms with Crippen molar-refractivity contribution < 1.29 is 14.3 Å². The van der Waals surface area contributed by atoms with Gasteiger partial charge in [0.15, 0.2) is 6.54 Å². The Bertz CT molecular complexity index is 663. The molecule has 2 aromatic rings. The standard InChI is InChI=1S/C17H22N4O3/c1-2-23-14-10-8-13(9-11-14)17-18-20-21(19-17)12-16(22)24-15-6-4-3-5-7-15/h8-11,15H,2-7,12H2,1H3. The van der Waals surface area contributed by atoms with E-state index in [1.807, 2.05) is 31.2 Å². The number of ether oxygens (including phenoxy) is 2. The van der Waals surface area contributed by atoms with Crippen LogP contribution in [0, 0.1) is 0 Å². The van der Waals surface area contributed by atoms with Crippen LogP contribution in [0.15, 0.2) is 24.3 Å². The second-order valence-corrected chi connectivity index (χ2v) is 5.85. The van der Waals surface area contributed by atoms with Gasteiger partial charge in [-0.3, -0.25) is 0 Å². The molecule has 0 bridgehead atoms. The fourth-order valence-electron chi connectivity index (χ4n) is 2.81. The molecule has 24 heavy (non-hydrogen) atoms. The second-order valence-electron chi connectivity index (χ2n) is 5.85. The van der Waals surface area contributed by atoms with E-state index in [1.54, 1.807) is 0 Å².